The Balaban J connectivity index is 2.94. The number of aldehydes is 1. The minimum atomic E-state index is -1.81. The minimum absolute atomic E-state index is 0.0430. The summed E-state index contributed by atoms with van der Waals surface area (Å²) in [6.07, 6.45) is 2.61. The molecule has 0 radical (unpaired) electrons. The average Bonchev–Trinajstić information content (AvgIpc) is 2.24. The largest absolute Gasteiger partial charge is 0.413 e. The topological polar surface area (TPSA) is 35.5 Å². The van der Waals surface area contributed by atoms with Gasteiger partial charge in [-0.2, -0.15) is 0 Å². The average molecular weight is 301 g/mol. The van der Waals surface area contributed by atoms with Crippen molar-refractivity contribution >= 4 is 14.6 Å². The van der Waals surface area contributed by atoms with Gasteiger partial charge in [-0.15, -0.1) is 0 Å². The van der Waals surface area contributed by atoms with Crippen molar-refractivity contribution in [2.75, 3.05) is 0 Å². The summed E-state index contributed by atoms with van der Waals surface area (Å²) in [6, 6.07) is 0. The Hall–Kier alpha value is -0.193. The summed E-state index contributed by atoms with van der Waals surface area (Å²) in [5, 5.41) is 0.199. The molecular formula is C16H32O3Si. The molecule has 1 saturated heterocycles. The van der Waals surface area contributed by atoms with E-state index in [0.717, 1.165) is 12.7 Å². The summed E-state index contributed by atoms with van der Waals surface area (Å²) in [4.78, 5) is 10.9. The van der Waals surface area contributed by atoms with Crippen molar-refractivity contribution in [2.24, 2.45) is 5.41 Å². The van der Waals surface area contributed by atoms with Crippen LogP contribution in [0, 0.1) is 5.41 Å². The van der Waals surface area contributed by atoms with Crippen LogP contribution in [0.5, 0.6) is 0 Å². The molecule has 1 fully saturated rings. The van der Waals surface area contributed by atoms with E-state index >= 15 is 0 Å². The second kappa shape index (κ2) is 5.89. The van der Waals surface area contributed by atoms with Crippen molar-refractivity contribution in [3.05, 3.63) is 0 Å². The lowest BCUT2D eigenvalue weighted by Crippen LogP contribution is -2.56. The predicted molar refractivity (Wildman–Crippen MR) is 85.5 cm³/mol. The Morgan fingerprint density at radius 3 is 2.35 bits per heavy atom. The third-order valence-corrected chi connectivity index (χ3v) is 9.64. The van der Waals surface area contributed by atoms with Crippen molar-refractivity contribution in [3.8, 4) is 0 Å². The highest BCUT2D eigenvalue weighted by atomic mass is 28.4. The van der Waals surface area contributed by atoms with Crippen LogP contribution in [0.4, 0.5) is 0 Å². The Morgan fingerprint density at radius 1 is 1.35 bits per heavy atom. The van der Waals surface area contributed by atoms with Gasteiger partial charge in [-0.25, -0.2) is 0 Å². The smallest absolute Gasteiger partial charge is 0.192 e. The molecule has 20 heavy (non-hydrogen) atoms. The summed E-state index contributed by atoms with van der Waals surface area (Å²) in [5.41, 5.74) is -0.122. The van der Waals surface area contributed by atoms with Crippen LogP contribution in [-0.4, -0.2) is 32.9 Å². The standard InChI is InChI=1S/C16H32O3Si/c1-12-11-14(19-20(7,8)15(2,3)4)16(5,6)13(18-12)9-10-17/h10,12-14H,9,11H2,1-8H3/t12?,13-,14-/m1/s1. The lowest BCUT2D eigenvalue weighted by molar-refractivity contribution is -0.166. The number of ether oxygens (including phenoxy) is 1. The van der Waals surface area contributed by atoms with Crippen LogP contribution in [0.15, 0.2) is 0 Å². The van der Waals surface area contributed by atoms with Gasteiger partial charge in [-0.05, 0) is 31.5 Å². The number of hydrogen-bond donors (Lipinski definition) is 0. The third-order valence-electron chi connectivity index (χ3n) is 5.16. The van der Waals surface area contributed by atoms with Crippen LogP contribution in [0.3, 0.4) is 0 Å². The van der Waals surface area contributed by atoms with Crippen molar-refractivity contribution < 1.29 is 14.0 Å². The minimum Gasteiger partial charge on any atom is -0.413 e. The molecule has 118 valence electrons. The highest BCUT2D eigenvalue weighted by molar-refractivity contribution is 6.74. The van der Waals surface area contributed by atoms with E-state index in [-0.39, 0.29) is 28.8 Å². The van der Waals surface area contributed by atoms with E-state index in [2.05, 4.69) is 54.6 Å². The number of hydrogen-bond acceptors (Lipinski definition) is 3. The lowest BCUT2D eigenvalue weighted by atomic mass is 9.75. The van der Waals surface area contributed by atoms with Gasteiger partial charge in [-0.3, -0.25) is 0 Å². The molecule has 0 spiro atoms. The molecule has 1 unspecified atom stereocenters. The molecule has 0 aromatic heterocycles. The molecule has 0 saturated carbocycles. The van der Waals surface area contributed by atoms with Crippen LogP contribution in [0.2, 0.25) is 18.1 Å². The van der Waals surface area contributed by atoms with E-state index in [1.54, 1.807) is 0 Å². The fourth-order valence-corrected chi connectivity index (χ4v) is 3.97. The van der Waals surface area contributed by atoms with Gasteiger partial charge < -0.3 is 14.0 Å². The zero-order chi connectivity index (χ0) is 15.8. The highest BCUT2D eigenvalue weighted by Crippen LogP contribution is 2.44. The normalized spacial score (nSPS) is 31.1. The highest BCUT2D eigenvalue weighted by Gasteiger charge is 2.48. The molecule has 1 aliphatic rings. The third kappa shape index (κ3) is 3.71. The summed E-state index contributed by atoms with van der Waals surface area (Å²) < 4.78 is 12.6. The molecule has 0 N–H and O–H groups in total. The van der Waals surface area contributed by atoms with Crippen molar-refractivity contribution in [1.29, 1.82) is 0 Å². The lowest BCUT2D eigenvalue weighted by Gasteiger charge is -2.51. The summed E-state index contributed by atoms with van der Waals surface area (Å²) in [6.45, 7) is 17.8. The SMILES string of the molecule is CC1C[C@@H](O[Si](C)(C)C(C)(C)C)C(C)(C)[C@@H](CC=O)O1. The molecule has 0 aromatic carbocycles. The maximum Gasteiger partial charge on any atom is 0.192 e. The van der Waals surface area contributed by atoms with E-state index in [9.17, 15) is 4.79 Å². The Bertz CT molecular complexity index is 344. The van der Waals surface area contributed by atoms with Crippen LogP contribution in [0.25, 0.3) is 0 Å². The first-order chi connectivity index (χ1) is 8.91. The Kier molecular flexibility index (Phi) is 5.26. The van der Waals surface area contributed by atoms with Crippen LogP contribution >= 0.6 is 0 Å². The van der Waals surface area contributed by atoms with Gasteiger partial charge in [0, 0.05) is 11.8 Å². The zero-order valence-corrected chi connectivity index (χ0v) is 15.4. The summed E-state index contributed by atoms with van der Waals surface area (Å²) in [7, 11) is -1.81. The molecule has 0 aromatic rings. The first-order valence-electron chi connectivity index (χ1n) is 7.68. The van der Waals surface area contributed by atoms with E-state index in [1.165, 1.54) is 0 Å². The molecule has 0 amide bonds. The number of carbonyl (C=O) groups is 1. The molecule has 4 heteroatoms. The molecule has 1 aliphatic heterocycles. The van der Waals surface area contributed by atoms with Crippen LogP contribution in [0.1, 0.15) is 54.4 Å². The van der Waals surface area contributed by atoms with Crippen molar-refractivity contribution in [3.63, 3.8) is 0 Å². The van der Waals surface area contributed by atoms with Crippen LogP contribution < -0.4 is 0 Å². The Labute approximate surface area is 125 Å². The van der Waals surface area contributed by atoms with E-state index in [4.69, 9.17) is 9.16 Å². The van der Waals surface area contributed by atoms with Crippen molar-refractivity contribution in [2.45, 2.75) is 90.8 Å². The first-order valence-corrected chi connectivity index (χ1v) is 10.6. The molecule has 0 aliphatic carbocycles. The monoisotopic (exact) mass is 300 g/mol. The number of rotatable bonds is 4. The maximum atomic E-state index is 10.9. The zero-order valence-electron chi connectivity index (χ0n) is 14.4. The van der Waals surface area contributed by atoms with E-state index in [1.807, 2.05) is 0 Å². The van der Waals surface area contributed by atoms with Gasteiger partial charge in [0.2, 0.25) is 0 Å². The van der Waals surface area contributed by atoms with Gasteiger partial charge in [0.25, 0.3) is 0 Å². The fraction of sp³-hybridized carbons (Fsp3) is 0.938. The van der Waals surface area contributed by atoms with E-state index < -0.39 is 8.32 Å². The molecule has 1 rings (SSSR count). The quantitative estimate of drug-likeness (QED) is 0.577. The predicted octanol–water partition coefficient (Wildman–Crippen LogP) is 4.17. The molecule has 0 bridgehead atoms. The van der Waals surface area contributed by atoms with Crippen molar-refractivity contribution in [1.82, 2.24) is 0 Å². The van der Waals surface area contributed by atoms with Gasteiger partial charge in [0.15, 0.2) is 8.32 Å². The van der Waals surface area contributed by atoms with Crippen LogP contribution in [-0.2, 0) is 14.0 Å². The fourth-order valence-electron chi connectivity index (χ4n) is 2.50. The first kappa shape index (κ1) is 17.9. The summed E-state index contributed by atoms with van der Waals surface area (Å²) in [5.74, 6) is 0. The van der Waals surface area contributed by atoms with E-state index in [0.29, 0.717) is 6.42 Å². The van der Waals surface area contributed by atoms with Gasteiger partial charge >= 0.3 is 0 Å². The second-order valence-electron chi connectivity index (χ2n) is 8.26. The molecular weight excluding hydrogens is 268 g/mol. The molecule has 3 atom stereocenters. The van der Waals surface area contributed by atoms with Gasteiger partial charge in [0.1, 0.15) is 6.29 Å². The Morgan fingerprint density at radius 2 is 1.90 bits per heavy atom. The molecule has 1 heterocycles. The maximum absolute atomic E-state index is 10.9. The van der Waals surface area contributed by atoms with Gasteiger partial charge in [0.05, 0.1) is 18.3 Å². The number of carbonyl (C=O) groups excluding carboxylic acids is 1. The summed E-state index contributed by atoms with van der Waals surface area (Å²) >= 11 is 0. The molecule has 3 nitrogen and oxygen atoms in total. The van der Waals surface area contributed by atoms with Gasteiger partial charge in [-0.1, -0.05) is 34.6 Å². The second-order valence-corrected chi connectivity index (χ2v) is 13.0.